The molecular formula is C18H24FN3O3. The third-order valence-corrected chi connectivity index (χ3v) is 4.34. The Morgan fingerprint density at radius 1 is 1.36 bits per heavy atom. The van der Waals surface area contributed by atoms with Crippen LogP contribution in [-0.4, -0.2) is 34.8 Å². The van der Waals surface area contributed by atoms with Gasteiger partial charge < -0.3 is 10.6 Å². The molecule has 0 spiro atoms. The molecule has 1 aromatic carbocycles. The number of aryl methyl sites for hydroxylation is 1. The van der Waals surface area contributed by atoms with Crippen molar-refractivity contribution >= 4 is 23.5 Å². The molecule has 1 aromatic rings. The van der Waals surface area contributed by atoms with Crippen molar-refractivity contribution < 1.29 is 18.8 Å². The normalized spacial score (nSPS) is 20.2. The molecule has 0 saturated carbocycles. The molecule has 0 aromatic heterocycles. The van der Waals surface area contributed by atoms with Crippen LogP contribution in [0, 0.1) is 18.7 Å². The molecule has 7 heteroatoms. The summed E-state index contributed by atoms with van der Waals surface area (Å²) in [6.45, 7) is 7.07. The first kappa shape index (κ1) is 18.9. The number of anilines is 1. The van der Waals surface area contributed by atoms with Gasteiger partial charge in [0.2, 0.25) is 5.91 Å². The second-order valence-corrected chi connectivity index (χ2v) is 7.09. The lowest BCUT2D eigenvalue weighted by Crippen LogP contribution is -2.44. The zero-order valence-electron chi connectivity index (χ0n) is 15.0. The van der Waals surface area contributed by atoms with Crippen LogP contribution < -0.4 is 10.6 Å². The minimum Gasteiger partial charge on any atom is -0.324 e. The number of amides is 4. The highest BCUT2D eigenvalue weighted by molar-refractivity contribution is 6.09. The van der Waals surface area contributed by atoms with Gasteiger partial charge in [0.15, 0.2) is 0 Å². The third kappa shape index (κ3) is 4.35. The van der Waals surface area contributed by atoms with Crippen molar-refractivity contribution in [1.82, 2.24) is 10.2 Å². The van der Waals surface area contributed by atoms with Crippen LogP contribution in [0.5, 0.6) is 0 Å². The minimum atomic E-state index is -0.990. The average molecular weight is 349 g/mol. The van der Waals surface area contributed by atoms with E-state index in [0.29, 0.717) is 23.6 Å². The molecule has 2 N–H and O–H groups in total. The summed E-state index contributed by atoms with van der Waals surface area (Å²) in [5.41, 5.74) is 0.0180. The summed E-state index contributed by atoms with van der Waals surface area (Å²) in [7, 11) is 0. The van der Waals surface area contributed by atoms with Crippen molar-refractivity contribution in [3.8, 4) is 0 Å². The van der Waals surface area contributed by atoms with E-state index < -0.39 is 35.7 Å². The summed E-state index contributed by atoms with van der Waals surface area (Å²) < 4.78 is 13.3. The standard InChI is InChI=1S/C18H24FN3O3/c1-11(2)7-8-18(4)16(24)22(17(25)21-18)10-15(23)20-14-9-13(19)6-5-12(14)3/h5-6,9,11H,7-8,10H2,1-4H3,(H,20,23)(H,21,25). The quantitative estimate of drug-likeness (QED) is 0.775. The van der Waals surface area contributed by atoms with E-state index in [1.54, 1.807) is 19.9 Å². The molecule has 136 valence electrons. The molecule has 1 aliphatic rings. The van der Waals surface area contributed by atoms with Crippen molar-refractivity contribution in [3.05, 3.63) is 29.6 Å². The second kappa shape index (κ2) is 7.21. The molecular weight excluding hydrogens is 325 g/mol. The van der Waals surface area contributed by atoms with Gasteiger partial charge in [0, 0.05) is 5.69 Å². The second-order valence-electron chi connectivity index (χ2n) is 7.09. The Hall–Kier alpha value is -2.44. The fourth-order valence-corrected chi connectivity index (χ4v) is 2.70. The highest BCUT2D eigenvalue weighted by Gasteiger charge is 2.47. The van der Waals surface area contributed by atoms with Gasteiger partial charge in [-0.05, 0) is 50.3 Å². The van der Waals surface area contributed by atoms with Crippen LogP contribution in [0.4, 0.5) is 14.9 Å². The number of benzene rings is 1. The van der Waals surface area contributed by atoms with Crippen LogP contribution >= 0.6 is 0 Å². The Balaban J connectivity index is 2.04. The highest BCUT2D eigenvalue weighted by atomic mass is 19.1. The largest absolute Gasteiger partial charge is 0.325 e. The van der Waals surface area contributed by atoms with Gasteiger partial charge in [-0.2, -0.15) is 0 Å². The van der Waals surface area contributed by atoms with E-state index in [1.165, 1.54) is 12.1 Å². The maximum Gasteiger partial charge on any atom is 0.325 e. The molecule has 0 radical (unpaired) electrons. The van der Waals surface area contributed by atoms with Gasteiger partial charge in [-0.1, -0.05) is 19.9 Å². The summed E-state index contributed by atoms with van der Waals surface area (Å²) in [6.07, 6.45) is 1.29. The molecule has 1 atom stereocenters. The number of carbonyl (C=O) groups excluding carboxylic acids is 3. The zero-order chi connectivity index (χ0) is 18.8. The molecule has 4 amide bonds. The van der Waals surface area contributed by atoms with Crippen molar-refractivity contribution in [2.24, 2.45) is 5.92 Å². The SMILES string of the molecule is Cc1ccc(F)cc1NC(=O)CN1C(=O)NC(C)(CCC(C)C)C1=O. The Morgan fingerprint density at radius 3 is 2.68 bits per heavy atom. The molecule has 1 fully saturated rings. The van der Waals surface area contributed by atoms with E-state index in [2.05, 4.69) is 10.6 Å². The Morgan fingerprint density at radius 2 is 2.04 bits per heavy atom. The van der Waals surface area contributed by atoms with Crippen molar-refractivity contribution in [1.29, 1.82) is 0 Å². The Kier molecular flexibility index (Phi) is 5.45. The van der Waals surface area contributed by atoms with Crippen molar-refractivity contribution in [2.45, 2.75) is 46.1 Å². The highest BCUT2D eigenvalue weighted by Crippen LogP contribution is 2.25. The Labute approximate surface area is 146 Å². The number of halogens is 1. The number of hydrogen-bond donors (Lipinski definition) is 2. The molecule has 1 saturated heterocycles. The lowest BCUT2D eigenvalue weighted by Gasteiger charge is -2.22. The van der Waals surface area contributed by atoms with E-state index in [9.17, 15) is 18.8 Å². The number of rotatable bonds is 6. The van der Waals surface area contributed by atoms with E-state index >= 15 is 0 Å². The first-order chi connectivity index (χ1) is 11.6. The van der Waals surface area contributed by atoms with Crippen LogP contribution in [0.1, 0.15) is 39.2 Å². The number of carbonyl (C=O) groups is 3. The van der Waals surface area contributed by atoms with Gasteiger partial charge in [0.05, 0.1) is 0 Å². The zero-order valence-corrected chi connectivity index (χ0v) is 15.0. The minimum absolute atomic E-state index is 0.319. The van der Waals surface area contributed by atoms with Crippen LogP contribution in [0.3, 0.4) is 0 Å². The predicted octanol–water partition coefficient (Wildman–Crippen LogP) is 2.82. The van der Waals surface area contributed by atoms with E-state index in [-0.39, 0.29) is 0 Å². The van der Waals surface area contributed by atoms with E-state index in [1.807, 2.05) is 13.8 Å². The summed E-state index contributed by atoms with van der Waals surface area (Å²) in [5.74, 6) is -1.04. The molecule has 25 heavy (non-hydrogen) atoms. The molecule has 6 nitrogen and oxygen atoms in total. The van der Waals surface area contributed by atoms with Crippen molar-refractivity contribution in [3.63, 3.8) is 0 Å². The van der Waals surface area contributed by atoms with E-state index in [4.69, 9.17) is 0 Å². The van der Waals surface area contributed by atoms with Gasteiger partial charge in [0.25, 0.3) is 5.91 Å². The molecule has 0 bridgehead atoms. The Bertz CT molecular complexity index is 705. The smallest absolute Gasteiger partial charge is 0.324 e. The van der Waals surface area contributed by atoms with Crippen LogP contribution in [0.25, 0.3) is 0 Å². The third-order valence-electron chi connectivity index (χ3n) is 4.34. The maximum absolute atomic E-state index is 13.3. The van der Waals surface area contributed by atoms with Gasteiger partial charge >= 0.3 is 6.03 Å². The fourth-order valence-electron chi connectivity index (χ4n) is 2.70. The van der Waals surface area contributed by atoms with Gasteiger partial charge in [-0.15, -0.1) is 0 Å². The summed E-state index contributed by atoms with van der Waals surface area (Å²) in [6, 6.07) is 3.46. The first-order valence-electron chi connectivity index (χ1n) is 8.32. The van der Waals surface area contributed by atoms with Crippen LogP contribution in [-0.2, 0) is 9.59 Å². The number of nitrogens with zero attached hydrogens (tertiary/aromatic N) is 1. The van der Waals surface area contributed by atoms with Crippen LogP contribution in [0.15, 0.2) is 18.2 Å². The predicted molar refractivity (Wildman–Crippen MR) is 92.5 cm³/mol. The molecule has 1 heterocycles. The van der Waals surface area contributed by atoms with Gasteiger partial charge in [0.1, 0.15) is 17.9 Å². The topological polar surface area (TPSA) is 78.5 Å². The number of hydrogen-bond acceptors (Lipinski definition) is 3. The van der Waals surface area contributed by atoms with E-state index in [0.717, 1.165) is 11.3 Å². The number of imide groups is 1. The molecule has 1 aliphatic heterocycles. The average Bonchev–Trinajstić information content (AvgIpc) is 2.73. The maximum atomic E-state index is 13.3. The number of urea groups is 1. The summed E-state index contributed by atoms with van der Waals surface area (Å²) >= 11 is 0. The van der Waals surface area contributed by atoms with Gasteiger partial charge in [-0.25, -0.2) is 9.18 Å². The molecule has 0 aliphatic carbocycles. The number of nitrogens with one attached hydrogen (secondary N) is 2. The van der Waals surface area contributed by atoms with Gasteiger partial charge in [-0.3, -0.25) is 14.5 Å². The lowest BCUT2D eigenvalue weighted by molar-refractivity contribution is -0.133. The molecule has 2 rings (SSSR count). The lowest BCUT2D eigenvalue weighted by atomic mass is 9.92. The monoisotopic (exact) mass is 349 g/mol. The molecule has 1 unspecified atom stereocenters. The summed E-state index contributed by atoms with van der Waals surface area (Å²) in [4.78, 5) is 37.8. The van der Waals surface area contributed by atoms with Crippen molar-refractivity contribution in [2.75, 3.05) is 11.9 Å². The summed E-state index contributed by atoms with van der Waals surface area (Å²) in [5, 5.41) is 5.22. The fraction of sp³-hybridized carbons (Fsp3) is 0.500. The van der Waals surface area contributed by atoms with Crippen LogP contribution in [0.2, 0.25) is 0 Å². The first-order valence-corrected chi connectivity index (χ1v) is 8.32.